The lowest BCUT2D eigenvalue weighted by atomic mass is 10.4. The Morgan fingerprint density at radius 2 is 2.33 bits per heavy atom. The number of anilines is 1. The lowest BCUT2D eigenvalue weighted by molar-refractivity contribution is 0.679. The highest BCUT2D eigenvalue weighted by Crippen LogP contribution is 2.40. The molecule has 2 aromatic heterocycles. The van der Waals surface area contributed by atoms with Crippen LogP contribution in [-0.4, -0.2) is 20.8 Å². The van der Waals surface area contributed by atoms with Crippen LogP contribution in [0.2, 0.25) is 0 Å². The molecule has 2 aromatic rings. The second-order valence-electron chi connectivity index (χ2n) is 3.81. The van der Waals surface area contributed by atoms with Crippen molar-refractivity contribution >= 4 is 28.6 Å². The summed E-state index contributed by atoms with van der Waals surface area (Å²) in [4.78, 5) is 8.91. The van der Waals surface area contributed by atoms with E-state index >= 15 is 0 Å². The molecule has 0 aliphatic heterocycles. The maximum atomic E-state index is 5.70. The van der Waals surface area contributed by atoms with Gasteiger partial charge in [-0.3, -0.25) is 0 Å². The third kappa shape index (κ3) is 1.38. The first-order chi connectivity index (χ1) is 7.29. The van der Waals surface area contributed by atoms with Gasteiger partial charge in [-0.1, -0.05) is 11.8 Å². The van der Waals surface area contributed by atoms with Gasteiger partial charge in [0.05, 0.1) is 11.9 Å². The first-order valence-electron chi connectivity index (χ1n) is 4.97. The Morgan fingerprint density at radius 3 is 3.00 bits per heavy atom. The minimum atomic E-state index is 0.605. The molecular weight excluding hydrogens is 208 g/mol. The SMILES string of the molecule is CSc1nc2cc(N)cnc2n1C1CC1. The van der Waals surface area contributed by atoms with Crippen LogP contribution in [0.5, 0.6) is 0 Å². The Kier molecular flexibility index (Phi) is 1.88. The topological polar surface area (TPSA) is 56.7 Å². The van der Waals surface area contributed by atoms with Crippen LogP contribution in [0.1, 0.15) is 18.9 Å². The number of nitrogens with two attached hydrogens (primary N) is 1. The summed E-state index contributed by atoms with van der Waals surface area (Å²) in [7, 11) is 0. The van der Waals surface area contributed by atoms with Crippen LogP contribution in [0, 0.1) is 0 Å². The van der Waals surface area contributed by atoms with Crippen molar-refractivity contribution in [3.63, 3.8) is 0 Å². The van der Waals surface area contributed by atoms with Crippen molar-refractivity contribution in [3.05, 3.63) is 12.3 Å². The third-order valence-corrected chi connectivity index (χ3v) is 3.27. The number of nitrogens with zero attached hydrogens (tertiary/aromatic N) is 3. The number of pyridine rings is 1. The Hall–Kier alpha value is -1.23. The van der Waals surface area contributed by atoms with E-state index < -0.39 is 0 Å². The van der Waals surface area contributed by atoms with Gasteiger partial charge >= 0.3 is 0 Å². The fraction of sp³-hybridized carbons (Fsp3) is 0.400. The molecule has 0 atom stereocenters. The first-order valence-corrected chi connectivity index (χ1v) is 6.19. The maximum absolute atomic E-state index is 5.70. The Balaban J connectivity index is 2.28. The second kappa shape index (κ2) is 3.13. The molecule has 3 rings (SSSR count). The monoisotopic (exact) mass is 220 g/mol. The van der Waals surface area contributed by atoms with Crippen molar-refractivity contribution in [2.75, 3.05) is 12.0 Å². The minimum absolute atomic E-state index is 0.605. The fourth-order valence-electron chi connectivity index (χ4n) is 1.78. The molecule has 15 heavy (non-hydrogen) atoms. The molecule has 0 aromatic carbocycles. The van der Waals surface area contributed by atoms with Crippen LogP contribution in [0.3, 0.4) is 0 Å². The summed E-state index contributed by atoms with van der Waals surface area (Å²) in [5.74, 6) is 0. The molecule has 0 spiro atoms. The highest BCUT2D eigenvalue weighted by molar-refractivity contribution is 7.98. The molecule has 0 saturated heterocycles. The first kappa shape index (κ1) is 9.03. The Bertz CT molecular complexity index is 515. The standard InChI is InChI=1S/C10H12N4S/c1-15-10-13-8-4-6(11)5-12-9(8)14(10)7-2-3-7/h4-5,7H,2-3,11H2,1H3. The van der Waals surface area contributed by atoms with Gasteiger partial charge in [0.25, 0.3) is 0 Å². The van der Waals surface area contributed by atoms with E-state index in [0.29, 0.717) is 11.7 Å². The van der Waals surface area contributed by atoms with E-state index in [-0.39, 0.29) is 0 Å². The lowest BCUT2D eigenvalue weighted by Gasteiger charge is -2.03. The highest BCUT2D eigenvalue weighted by Gasteiger charge is 2.28. The minimum Gasteiger partial charge on any atom is -0.397 e. The van der Waals surface area contributed by atoms with Crippen LogP contribution in [0.4, 0.5) is 5.69 Å². The lowest BCUT2D eigenvalue weighted by Crippen LogP contribution is -1.97. The van der Waals surface area contributed by atoms with Crippen molar-refractivity contribution in [2.24, 2.45) is 0 Å². The second-order valence-corrected chi connectivity index (χ2v) is 4.58. The average Bonchev–Trinajstić information content (AvgIpc) is 2.99. The average molecular weight is 220 g/mol. The summed E-state index contributed by atoms with van der Waals surface area (Å²) < 4.78 is 2.24. The summed E-state index contributed by atoms with van der Waals surface area (Å²) >= 11 is 1.67. The number of nitrogen functional groups attached to an aromatic ring is 1. The van der Waals surface area contributed by atoms with E-state index in [1.807, 2.05) is 12.3 Å². The summed E-state index contributed by atoms with van der Waals surface area (Å²) in [6.07, 6.45) is 6.23. The molecule has 1 aliphatic carbocycles. The van der Waals surface area contributed by atoms with Gasteiger partial charge in [0.2, 0.25) is 0 Å². The number of fused-ring (bicyclic) bond motifs is 1. The molecule has 5 heteroatoms. The van der Waals surface area contributed by atoms with Gasteiger partial charge in [-0.05, 0) is 25.2 Å². The molecule has 1 fully saturated rings. The predicted molar refractivity (Wildman–Crippen MR) is 62.0 cm³/mol. The largest absolute Gasteiger partial charge is 0.397 e. The van der Waals surface area contributed by atoms with Crippen LogP contribution in [0.25, 0.3) is 11.2 Å². The van der Waals surface area contributed by atoms with E-state index in [9.17, 15) is 0 Å². The van der Waals surface area contributed by atoms with Gasteiger partial charge in [0.15, 0.2) is 10.8 Å². The number of hydrogen-bond donors (Lipinski definition) is 1. The quantitative estimate of drug-likeness (QED) is 0.787. The number of rotatable bonds is 2. The molecule has 4 nitrogen and oxygen atoms in total. The molecule has 0 unspecified atom stereocenters. The molecule has 1 saturated carbocycles. The summed E-state index contributed by atoms with van der Waals surface area (Å²) in [5.41, 5.74) is 8.25. The zero-order chi connectivity index (χ0) is 10.4. The number of imidazole rings is 1. The summed E-state index contributed by atoms with van der Waals surface area (Å²) in [6, 6.07) is 2.49. The van der Waals surface area contributed by atoms with E-state index in [4.69, 9.17) is 5.73 Å². The van der Waals surface area contributed by atoms with Gasteiger partial charge in [-0.25, -0.2) is 9.97 Å². The number of thioether (sulfide) groups is 1. The molecule has 0 amide bonds. The van der Waals surface area contributed by atoms with E-state index in [0.717, 1.165) is 16.3 Å². The summed E-state index contributed by atoms with van der Waals surface area (Å²) in [5, 5.41) is 1.05. The van der Waals surface area contributed by atoms with E-state index in [2.05, 4.69) is 14.5 Å². The van der Waals surface area contributed by atoms with Gasteiger partial charge in [0.1, 0.15) is 5.52 Å². The van der Waals surface area contributed by atoms with Crippen LogP contribution in [0.15, 0.2) is 17.4 Å². The molecule has 2 N–H and O–H groups in total. The zero-order valence-electron chi connectivity index (χ0n) is 8.47. The van der Waals surface area contributed by atoms with Crippen LogP contribution >= 0.6 is 11.8 Å². The van der Waals surface area contributed by atoms with Crippen molar-refractivity contribution in [2.45, 2.75) is 24.0 Å². The zero-order valence-corrected chi connectivity index (χ0v) is 9.29. The van der Waals surface area contributed by atoms with Gasteiger partial charge < -0.3 is 10.3 Å². The molecular formula is C10H12N4S. The third-order valence-electron chi connectivity index (χ3n) is 2.61. The summed E-state index contributed by atoms with van der Waals surface area (Å²) in [6.45, 7) is 0. The van der Waals surface area contributed by atoms with Gasteiger partial charge in [0, 0.05) is 6.04 Å². The highest BCUT2D eigenvalue weighted by atomic mass is 32.2. The molecule has 0 radical (unpaired) electrons. The van der Waals surface area contributed by atoms with E-state index in [1.165, 1.54) is 12.8 Å². The number of aromatic nitrogens is 3. The molecule has 2 heterocycles. The molecule has 78 valence electrons. The van der Waals surface area contributed by atoms with Crippen molar-refractivity contribution in [1.29, 1.82) is 0 Å². The van der Waals surface area contributed by atoms with E-state index in [1.54, 1.807) is 18.0 Å². The predicted octanol–water partition coefficient (Wildman–Crippen LogP) is 2.07. The van der Waals surface area contributed by atoms with Crippen LogP contribution < -0.4 is 5.73 Å². The Morgan fingerprint density at radius 1 is 1.53 bits per heavy atom. The molecule has 1 aliphatic rings. The van der Waals surface area contributed by atoms with Gasteiger partial charge in [-0.15, -0.1) is 0 Å². The maximum Gasteiger partial charge on any atom is 0.170 e. The smallest absolute Gasteiger partial charge is 0.170 e. The normalized spacial score (nSPS) is 16.1. The fourth-order valence-corrected chi connectivity index (χ4v) is 2.40. The van der Waals surface area contributed by atoms with Crippen molar-refractivity contribution in [1.82, 2.24) is 14.5 Å². The number of hydrogen-bond acceptors (Lipinski definition) is 4. The Labute approximate surface area is 91.9 Å². The molecule has 0 bridgehead atoms. The van der Waals surface area contributed by atoms with Crippen LogP contribution in [-0.2, 0) is 0 Å². The van der Waals surface area contributed by atoms with Gasteiger partial charge in [-0.2, -0.15) is 0 Å². The van der Waals surface area contributed by atoms with Crippen molar-refractivity contribution in [3.8, 4) is 0 Å². The van der Waals surface area contributed by atoms with Crippen molar-refractivity contribution < 1.29 is 0 Å².